The fraction of sp³-hybridized carbons (Fsp3) is 0.231. The highest BCUT2D eigenvalue weighted by molar-refractivity contribution is 5.86. The molecule has 2 aromatic rings. The average molecular weight is 227 g/mol. The summed E-state index contributed by atoms with van der Waals surface area (Å²) in [5.41, 5.74) is 4.25. The van der Waals surface area contributed by atoms with Gasteiger partial charge in [-0.1, -0.05) is 0 Å². The summed E-state index contributed by atoms with van der Waals surface area (Å²) in [6.45, 7) is 1.95. The largest absolute Gasteiger partial charge is 0.330 e. The highest BCUT2D eigenvalue weighted by atomic mass is 16.1. The lowest BCUT2D eigenvalue weighted by Crippen LogP contribution is -2.26. The molecule has 0 saturated carbocycles. The van der Waals surface area contributed by atoms with Crippen molar-refractivity contribution in [3.63, 3.8) is 0 Å². The van der Waals surface area contributed by atoms with Crippen molar-refractivity contribution in [3.05, 3.63) is 42.0 Å². The van der Waals surface area contributed by atoms with Gasteiger partial charge in [0.25, 0.3) is 0 Å². The summed E-state index contributed by atoms with van der Waals surface area (Å²) < 4.78 is 1.99. The van der Waals surface area contributed by atoms with Gasteiger partial charge in [-0.15, -0.1) is 0 Å². The number of rotatable bonds is 1. The van der Waals surface area contributed by atoms with Crippen molar-refractivity contribution >= 4 is 17.1 Å². The van der Waals surface area contributed by atoms with Crippen LogP contribution in [-0.4, -0.2) is 15.3 Å². The van der Waals surface area contributed by atoms with Gasteiger partial charge in [-0.2, -0.15) is 0 Å². The highest BCUT2D eigenvalue weighted by Gasteiger charge is 2.16. The molecule has 1 N–H and O–H groups in total. The van der Waals surface area contributed by atoms with E-state index in [0.29, 0.717) is 6.42 Å². The molecule has 1 amide bonds. The molecule has 4 nitrogen and oxygen atoms in total. The summed E-state index contributed by atoms with van der Waals surface area (Å²) >= 11 is 0. The first-order chi connectivity index (χ1) is 8.24. The van der Waals surface area contributed by atoms with Crippen LogP contribution in [0.25, 0.3) is 11.2 Å². The molecule has 3 rings (SSSR count). The molecule has 1 aliphatic heterocycles. The van der Waals surface area contributed by atoms with Gasteiger partial charge in [0.15, 0.2) is 0 Å². The second-order valence-electron chi connectivity index (χ2n) is 4.26. The Labute approximate surface area is 99.0 Å². The molecule has 0 atom stereocenters. The fourth-order valence-corrected chi connectivity index (χ4v) is 2.23. The maximum absolute atomic E-state index is 11.3. The standard InChI is InChI=1S/C13H13N3O/c1-9-11(3-5-13(17)15-9)10-2-4-12-14-6-7-16(12)8-10/h2,4,6-8H,3,5H2,1H3,(H,15,17). The minimum Gasteiger partial charge on any atom is -0.330 e. The van der Waals surface area contributed by atoms with Crippen LogP contribution in [0.4, 0.5) is 0 Å². The first-order valence-electron chi connectivity index (χ1n) is 5.67. The molecule has 0 fully saturated rings. The molecule has 0 saturated heterocycles. The number of carbonyl (C=O) groups is 1. The zero-order valence-corrected chi connectivity index (χ0v) is 9.60. The van der Waals surface area contributed by atoms with Crippen LogP contribution in [-0.2, 0) is 4.79 Å². The predicted octanol–water partition coefficient (Wildman–Crippen LogP) is 1.98. The van der Waals surface area contributed by atoms with Crippen LogP contribution < -0.4 is 5.32 Å². The lowest BCUT2D eigenvalue weighted by Gasteiger charge is -2.18. The first-order valence-corrected chi connectivity index (χ1v) is 5.67. The third kappa shape index (κ3) is 1.71. The zero-order valence-electron chi connectivity index (χ0n) is 9.60. The quantitative estimate of drug-likeness (QED) is 0.809. The van der Waals surface area contributed by atoms with Crippen molar-refractivity contribution in [2.75, 3.05) is 0 Å². The Morgan fingerprint density at radius 3 is 3.06 bits per heavy atom. The number of imidazole rings is 1. The highest BCUT2D eigenvalue weighted by Crippen LogP contribution is 2.26. The third-order valence-electron chi connectivity index (χ3n) is 3.12. The van der Waals surface area contributed by atoms with Crippen LogP contribution in [0.15, 0.2) is 36.4 Å². The second-order valence-corrected chi connectivity index (χ2v) is 4.26. The molecule has 0 radical (unpaired) electrons. The van der Waals surface area contributed by atoms with Gasteiger partial charge in [-0.05, 0) is 36.6 Å². The number of pyridine rings is 1. The summed E-state index contributed by atoms with van der Waals surface area (Å²) in [7, 11) is 0. The molecule has 0 aromatic carbocycles. The van der Waals surface area contributed by atoms with E-state index < -0.39 is 0 Å². The fourth-order valence-electron chi connectivity index (χ4n) is 2.23. The molecule has 0 aliphatic carbocycles. The minimum absolute atomic E-state index is 0.106. The number of nitrogens with one attached hydrogen (secondary N) is 1. The Hall–Kier alpha value is -2.10. The SMILES string of the molecule is CC1=C(c2ccc3nccn3c2)CCC(=O)N1. The second kappa shape index (κ2) is 3.73. The Balaban J connectivity index is 2.08. The van der Waals surface area contributed by atoms with E-state index in [9.17, 15) is 4.79 Å². The van der Waals surface area contributed by atoms with Crippen molar-refractivity contribution in [2.45, 2.75) is 19.8 Å². The molecule has 4 heteroatoms. The molecule has 3 heterocycles. The van der Waals surface area contributed by atoms with E-state index in [1.807, 2.05) is 23.6 Å². The molecule has 86 valence electrons. The van der Waals surface area contributed by atoms with Gasteiger partial charge in [0.05, 0.1) is 0 Å². The van der Waals surface area contributed by atoms with Gasteiger partial charge in [-0.25, -0.2) is 4.98 Å². The van der Waals surface area contributed by atoms with Crippen LogP contribution in [0.5, 0.6) is 0 Å². The average Bonchev–Trinajstić information content (AvgIpc) is 2.75. The van der Waals surface area contributed by atoms with E-state index in [4.69, 9.17) is 0 Å². The number of hydrogen-bond acceptors (Lipinski definition) is 2. The Bertz CT molecular complexity index is 624. The Morgan fingerprint density at radius 2 is 2.24 bits per heavy atom. The van der Waals surface area contributed by atoms with Crippen molar-refractivity contribution in [1.82, 2.24) is 14.7 Å². The lowest BCUT2D eigenvalue weighted by molar-refractivity contribution is -0.120. The molecule has 0 spiro atoms. The number of hydrogen-bond donors (Lipinski definition) is 1. The number of carbonyl (C=O) groups excluding carboxylic acids is 1. The summed E-state index contributed by atoms with van der Waals surface area (Å²) in [6.07, 6.45) is 7.13. The number of allylic oxidation sites excluding steroid dienone is 2. The molecule has 0 bridgehead atoms. The van der Waals surface area contributed by atoms with Gasteiger partial charge in [0, 0.05) is 30.7 Å². The van der Waals surface area contributed by atoms with Crippen LogP contribution in [0.3, 0.4) is 0 Å². The Kier molecular flexibility index (Phi) is 2.21. The summed E-state index contributed by atoms with van der Waals surface area (Å²) in [6, 6.07) is 4.05. The van der Waals surface area contributed by atoms with E-state index in [2.05, 4.69) is 22.6 Å². The first kappa shape index (κ1) is 10.1. The molecular weight excluding hydrogens is 214 g/mol. The van der Waals surface area contributed by atoms with Crippen LogP contribution in [0, 0.1) is 0 Å². The molecule has 0 unspecified atom stereocenters. The van der Waals surface area contributed by atoms with Gasteiger partial charge in [0.1, 0.15) is 5.65 Å². The van der Waals surface area contributed by atoms with Gasteiger partial charge >= 0.3 is 0 Å². The van der Waals surface area contributed by atoms with Crippen molar-refractivity contribution < 1.29 is 4.79 Å². The topological polar surface area (TPSA) is 46.4 Å². The Morgan fingerprint density at radius 1 is 1.35 bits per heavy atom. The van der Waals surface area contributed by atoms with Crippen LogP contribution in [0.2, 0.25) is 0 Å². The van der Waals surface area contributed by atoms with Gasteiger partial charge in [-0.3, -0.25) is 4.79 Å². The maximum Gasteiger partial charge on any atom is 0.224 e. The monoisotopic (exact) mass is 227 g/mol. The normalized spacial score (nSPS) is 16.4. The minimum atomic E-state index is 0.106. The van der Waals surface area contributed by atoms with Crippen LogP contribution in [0.1, 0.15) is 25.3 Å². The van der Waals surface area contributed by atoms with Gasteiger partial charge in [0.2, 0.25) is 5.91 Å². The number of nitrogens with zero attached hydrogens (tertiary/aromatic N) is 2. The summed E-state index contributed by atoms with van der Waals surface area (Å²) in [5.74, 6) is 0.106. The molecule has 17 heavy (non-hydrogen) atoms. The van der Waals surface area contributed by atoms with Crippen molar-refractivity contribution in [2.24, 2.45) is 0 Å². The summed E-state index contributed by atoms with van der Waals surface area (Å²) in [5, 5.41) is 2.89. The smallest absolute Gasteiger partial charge is 0.224 e. The molecule has 2 aromatic heterocycles. The van der Waals surface area contributed by atoms with E-state index >= 15 is 0 Å². The molecule has 1 aliphatic rings. The number of amides is 1. The van der Waals surface area contributed by atoms with E-state index in [1.54, 1.807) is 6.20 Å². The maximum atomic E-state index is 11.3. The predicted molar refractivity (Wildman–Crippen MR) is 65.2 cm³/mol. The van der Waals surface area contributed by atoms with Gasteiger partial charge < -0.3 is 9.72 Å². The third-order valence-corrected chi connectivity index (χ3v) is 3.12. The lowest BCUT2D eigenvalue weighted by atomic mass is 9.98. The van der Waals surface area contributed by atoms with E-state index in [1.165, 1.54) is 5.57 Å². The van der Waals surface area contributed by atoms with E-state index in [-0.39, 0.29) is 5.91 Å². The van der Waals surface area contributed by atoms with Crippen LogP contribution >= 0.6 is 0 Å². The van der Waals surface area contributed by atoms with Crippen molar-refractivity contribution in [3.8, 4) is 0 Å². The zero-order chi connectivity index (χ0) is 11.8. The molecular formula is C13H13N3O. The number of aromatic nitrogens is 2. The number of fused-ring (bicyclic) bond motifs is 1. The van der Waals surface area contributed by atoms with Crippen molar-refractivity contribution in [1.29, 1.82) is 0 Å². The summed E-state index contributed by atoms with van der Waals surface area (Å²) in [4.78, 5) is 15.5. The van der Waals surface area contributed by atoms with E-state index in [0.717, 1.165) is 23.3 Å².